The van der Waals surface area contributed by atoms with Gasteiger partial charge >= 0.3 is 0 Å². The molecule has 6 heteroatoms. The van der Waals surface area contributed by atoms with E-state index in [0.29, 0.717) is 6.04 Å². The molecule has 3 aromatic rings. The first-order chi connectivity index (χ1) is 10.3. The number of hydrogen-bond acceptors (Lipinski definition) is 4. The third-order valence-corrected chi connectivity index (χ3v) is 4.74. The Kier molecular flexibility index (Phi) is 3.11. The van der Waals surface area contributed by atoms with E-state index in [9.17, 15) is 0 Å². The number of hydrogen-bond donors (Lipinski definition) is 1. The molecule has 0 spiro atoms. The Labute approximate surface area is 130 Å². The van der Waals surface area contributed by atoms with Gasteiger partial charge in [-0.2, -0.15) is 5.10 Å². The van der Waals surface area contributed by atoms with Crippen molar-refractivity contribution in [3.05, 3.63) is 46.8 Å². The fourth-order valence-corrected chi connectivity index (χ4v) is 3.62. The fourth-order valence-electron chi connectivity index (χ4n) is 3.07. The molecule has 4 rings (SSSR count). The average molecular weight is 344 g/mol. The van der Waals surface area contributed by atoms with Crippen molar-refractivity contribution in [3.63, 3.8) is 0 Å². The molecule has 1 aliphatic rings. The van der Waals surface area contributed by atoms with Crippen molar-refractivity contribution in [2.24, 2.45) is 0 Å². The van der Waals surface area contributed by atoms with Gasteiger partial charge in [-0.15, -0.1) is 0 Å². The Balaban J connectivity index is 1.81. The summed E-state index contributed by atoms with van der Waals surface area (Å²) >= 11 is 3.67. The predicted molar refractivity (Wildman–Crippen MR) is 85.1 cm³/mol. The molecule has 1 atom stereocenters. The van der Waals surface area contributed by atoms with Crippen molar-refractivity contribution >= 4 is 32.8 Å². The van der Waals surface area contributed by atoms with E-state index in [2.05, 4.69) is 59.2 Å². The lowest BCUT2D eigenvalue weighted by molar-refractivity contribution is 0.710. The molecule has 1 N–H and O–H groups in total. The second kappa shape index (κ2) is 5.11. The van der Waals surface area contributed by atoms with Crippen molar-refractivity contribution in [2.75, 3.05) is 11.4 Å². The predicted octanol–water partition coefficient (Wildman–Crippen LogP) is 3.46. The first-order valence-corrected chi connectivity index (χ1v) is 7.79. The minimum Gasteiger partial charge on any atom is -0.349 e. The molecule has 0 saturated carbocycles. The SMILES string of the molecule is Brc1ccccc1C1CCCN1c1ncnc2[nH]ncc12. The van der Waals surface area contributed by atoms with Gasteiger partial charge in [0.15, 0.2) is 5.65 Å². The summed E-state index contributed by atoms with van der Waals surface area (Å²) < 4.78 is 1.15. The van der Waals surface area contributed by atoms with Crippen molar-refractivity contribution in [1.82, 2.24) is 20.2 Å². The largest absolute Gasteiger partial charge is 0.349 e. The van der Waals surface area contributed by atoms with Crippen LogP contribution in [0.4, 0.5) is 5.82 Å². The third kappa shape index (κ3) is 2.10. The highest BCUT2D eigenvalue weighted by atomic mass is 79.9. The lowest BCUT2D eigenvalue weighted by Gasteiger charge is -2.27. The van der Waals surface area contributed by atoms with Crippen LogP contribution in [0.3, 0.4) is 0 Å². The number of nitrogens with zero attached hydrogens (tertiary/aromatic N) is 4. The van der Waals surface area contributed by atoms with Gasteiger partial charge in [0.25, 0.3) is 0 Å². The number of benzene rings is 1. The molecule has 1 saturated heterocycles. The molecule has 2 aromatic heterocycles. The zero-order valence-electron chi connectivity index (χ0n) is 11.3. The lowest BCUT2D eigenvalue weighted by Crippen LogP contribution is -2.24. The van der Waals surface area contributed by atoms with Crippen molar-refractivity contribution in [3.8, 4) is 0 Å². The Morgan fingerprint density at radius 1 is 1.24 bits per heavy atom. The van der Waals surface area contributed by atoms with E-state index in [-0.39, 0.29) is 0 Å². The first-order valence-electron chi connectivity index (χ1n) is 7.00. The minimum atomic E-state index is 0.341. The zero-order chi connectivity index (χ0) is 14.2. The first kappa shape index (κ1) is 12.8. The second-order valence-electron chi connectivity index (χ2n) is 5.20. The number of H-pyrrole nitrogens is 1. The van der Waals surface area contributed by atoms with Gasteiger partial charge in [0.2, 0.25) is 0 Å². The lowest BCUT2D eigenvalue weighted by atomic mass is 10.0. The molecule has 5 nitrogen and oxygen atoms in total. The van der Waals surface area contributed by atoms with Crippen LogP contribution in [-0.4, -0.2) is 26.7 Å². The molecule has 1 unspecified atom stereocenters. The van der Waals surface area contributed by atoms with Crippen LogP contribution in [0.5, 0.6) is 0 Å². The van der Waals surface area contributed by atoms with Crippen molar-refractivity contribution in [2.45, 2.75) is 18.9 Å². The zero-order valence-corrected chi connectivity index (χ0v) is 12.9. The number of aromatic amines is 1. The van der Waals surface area contributed by atoms with Crippen LogP contribution in [0.25, 0.3) is 11.0 Å². The number of anilines is 1. The average Bonchev–Trinajstić information content (AvgIpc) is 3.16. The molecular weight excluding hydrogens is 330 g/mol. The number of nitrogens with one attached hydrogen (secondary N) is 1. The van der Waals surface area contributed by atoms with Crippen LogP contribution >= 0.6 is 15.9 Å². The van der Waals surface area contributed by atoms with E-state index in [1.807, 2.05) is 6.07 Å². The van der Waals surface area contributed by atoms with Gasteiger partial charge in [-0.05, 0) is 24.5 Å². The molecular formula is C15H14BrN5. The summed E-state index contributed by atoms with van der Waals surface area (Å²) in [5.41, 5.74) is 2.10. The van der Waals surface area contributed by atoms with Crippen LogP contribution in [0.1, 0.15) is 24.4 Å². The number of fused-ring (bicyclic) bond motifs is 1. The highest BCUT2D eigenvalue weighted by Gasteiger charge is 2.29. The van der Waals surface area contributed by atoms with Gasteiger partial charge < -0.3 is 4.90 Å². The monoisotopic (exact) mass is 343 g/mol. The van der Waals surface area contributed by atoms with Crippen LogP contribution in [0, 0.1) is 0 Å². The molecule has 3 heterocycles. The quantitative estimate of drug-likeness (QED) is 0.774. The normalized spacial score (nSPS) is 18.5. The van der Waals surface area contributed by atoms with Gasteiger partial charge in [-0.25, -0.2) is 9.97 Å². The number of halogens is 1. The van der Waals surface area contributed by atoms with E-state index in [0.717, 1.165) is 40.7 Å². The van der Waals surface area contributed by atoms with E-state index in [1.165, 1.54) is 5.56 Å². The molecule has 0 radical (unpaired) electrons. The van der Waals surface area contributed by atoms with Crippen molar-refractivity contribution < 1.29 is 0 Å². The summed E-state index contributed by atoms with van der Waals surface area (Å²) in [5, 5.41) is 7.98. The summed E-state index contributed by atoms with van der Waals surface area (Å²) in [6.45, 7) is 1.00. The van der Waals surface area contributed by atoms with E-state index in [1.54, 1.807) is 12.5 Å². The van der Waals surface area contributed by atoms with E-state index in [4.69, 9.17) is 0 Å². The molecule has 21 heavy (non-hydrogen) atoms. The minimum absolute atomic E-state index is 0.341. The standard InChI is InChI=1S/C15H14BrN5/c16-12-5-2-1-4-10(12)13-6-3-7-21(13)15-11-8-19-20-14(11)17-9-18-15/h1-2,4-5,8-9,13H,3,6-7H2,(H,17,18,19,20). The van der Waals surface area contributed by atoms with Gasteiger partial charge in [-0.1, -0.05) is 34.1 Å². The maximum Gasteiger partial charge on any atom is 0.160 e. The maximum atomic E-state index is 4.51. The fraction of sp³-hybridized carbons (Fsp3) is 0.267. The van der Waals surface area contributed by atoms with Crippen LogP contribution < -0.4 is 4.90 Å². The summed E-state index contributed by atoms with van der Waals surface area (Å²) in [5.74, 6) is 0.965. The van der Waals surface area contributed by atoms with Gasteiger partial charge in [-0.3, -0.25) is 5.10 Å². The Hall–Kier alpha value is -1.95. The van der Waals surface area contributed by atoms with Crippen LogP contribution in [0.15, 0.2) is 41.3 Å². The molecule has 0 amide bonds. The van der Waals surface area contributed by atoms with E-state index >= 15 is 0 Å². The van der Waals surface area contributed by atoms with Gasteiger partial charge in [0.1, 0.15) is 12.1 Å². The maximum absolute atomic E-state index is 4.51. The molecule has 1 aliphatic heterocycles. The highest BCUT2D eigenvalue weighted by molar-refractivity contribution is 9.10. The van der Waals surface area contributed by atoms with Crippen molar-refractivity contribution in [1.29, 1.82) is 0 Å². The topological polar surface area (TPSA) is 57.7 Å². The summed E-state index contributed by atoms with van der Waals surface area (Å²) in [4.78, 5) is 11.1. The second-order valence-corrected chi connectivity index (χ2v) is 6.06. The molecule has 106 valence electrons. The summed E-state index contributed by atoms with van der Waals surface area (Å²) in [6, 6.07) is 8.75. The molecule has 1 fully saturated rings. The Bertz CT molecular complexity index is 784. The summed E-state index contributed by atoms with van der Waals surface area (Å²) in [7, 11) is 0. The number of aromatic nitrogens is 4. The molecule has 0 aliphatic carbocycles. The van der Waals surface area contributed by atoms with Crippen LogP contribution in [-0.2, 0) is 0 Å². The van der Waals surface area contributed by atoms with Gasteiger partial charge in [0, 0.05) is 11.0 Å². The smallest absolute Gasteiger partial charge is 0.160 e. The van der Waals surface area contributed by atoms with Gasteiger partial charge in [0.05, 0.1) is 17.6 Å². The van der Waals surface area contributed by atoms with Crippen LogP contribution in [0.2, 0.25) is 0 Å². The molecule has 0 bridgehead atoms. The van der Waals surface area contributed by atoms with E-state index < -0.39 is 0 Å². The summed E-state index contributed by atoms with van der Waals surface area (Å²) in [6.07, 6.45) is 5.70. The third-order valence-electron chi connectivity index (χ3n) is 4.02. The highest BCUT2D eigenvalue weighted by Crippen LogP contribution is 2.39. The number of rotatable bonds is 2. The Morgan fingerprint density at radius 2 is 2.14 bits per heavy atom. The Morgan fingerprint density at radius 3 is 3.05 bits per heavy atom. The molecule has 1 aromatic carbocycles.